The molecule has 0 saturated carbocycles. The van der Waals surface area contributed by atoms with Gasteiger partial charge in [0.15, 0.2) is 0 Å². The summed E-state index contributed by atoms with van der Waals surface area (Å²) in [7, 11) is 0. The molecule has 19 heavy (non-hydrogen) atoms. The van der Waals surface area contributed by atoms with Crippen LogP contribution in [0.5, 0.6) is 11.5 Å². The first-order valence-electron chi connectivity index (χ1n) is 6.16. The van der Waals surface area contributed by atoms with Crippen LogP contribution < -0.4 is 4.74 Å². The summed E-state index contributed by atoms with van der Waals surface area (Å²) in [5.74, 6) is 1.18. The smallest absolute Gasteiger partial charge is 0.127 e. The first-order chi connectivity index (χ1) is 9.25. The van der Waals surface area contributed by atoms with E-state index in [1.807, 2.05) is 30.3 Å². The zero-order valence-corrected chi connectivity index (χ0v) is 11.9. The second-order valence-corrected chi connectivity index (χ2v) is 5.38. The molecule has 0 bridgehead atoms. The Bertz CT molecular complexity index is 629. The van der Waals surface area contributed by atoms with Crippen molar-refractivity contribution >= 4 is 21.5 Å². The fourth-order valence-electron chi connectivity index (χ4n) is 2.26. The van der Waals surface area contributed by atoms with Crippen molar-refractivity contribution in [1.82, 2.24) is 0 Å². The molecular weight excluding hydrogens is 304 g/mol. The van der Waals surface area contributed by atoms with Gasteiger partial charge < -0.3 is 9.84 Å². The Hall–Kier alpha value is -1.74. The highest BCUT2D eigenvalue weighted by Crippen LogP contribution is 2.39. The van der Waals surface area contributed by atoms with Crippen LogP contribution in [-0.4, -0.2) is 11.7 Å². The molecule has 2 nitrogen and oxygen atoms in total. The molecule has 2 aromatic carbocycles. The monoisotopic (exact) mass is 316 g/mol. The molecule has 1 aliphatic rings. The van der Waals surface area contributed by atoms with Crippen LogP contribution in [-0.2, 0) is 0 Å². The normalized spacial score (nSPS) is 14.6. The van der Waals surface area contributed by atoms with Crippen LogP contribution in [0.4, 0.5) is 0 Å². The van der Waals surface area contributed by atoms with E-state index in [-0.39, 0.29) is 5.75 Å². The molecule has 3 rings (SSSR count). The van der Waals surface area contributed by atoms with Gasteiger partial charge in [0.1, 0.15) is 11.5 Å². The Morgan fingerprint density at radius 2 is 1.74 bits per heavy atom. The van der Waals surface area contributed by atoms with Gasteiger partial charge >= 0.3 is 0 Å². The van der Waals surface area contributed by atoms with E-state index in [1.165, 1.54) is 0 Å². The number of aromatic hydroxyl groups is 1. The van der Waals surface area contributed by atoms with Crippen molar-refractivity contribution in [2.75, 3.05) is 6.61 Å². The maximum atomic E-state index is 9.42. The number of phenolic OH excluding ortho intramolecular Hbond substituents is 1. The molecule has 0 aliphatic carbocycles. The van der Waals surface area contributed by atoms with Crippen LogP contribution in [0.15, 0.2) is 53.0 Å². The summed E-state index contributed by atoms with van der Waals surface area (Å²) in [5.41, 5.74) is 3.29. The predicted octanol–water partition coefficient (Wildman–Crippen LogP) is 4.33. The van der Waals surface area contributed by atoms with Gasteiger partial charge in [-0.15, -0.1) is 0 Å². The highest BCUT2D eigenvalue weighted by Gasteiger charge is 2.17. The van der Waals surface area contributed by atoms with E-state index in [9.17, 15) is 5.11 Å². The first kappa shape index (κ1) is 12.3. The molecule has 0 amide bonds. The van der Waals surface area contributed by atoms with E-state index in [4.69, 9.17) is 4.74 Å². The number of hydrogen-bond donors (Lipinski definition) is 1. The third kappa shape index (κ3) is 2.38. The van der Waals surface area contributed by atoms with Crippen LogP contribution in [0.3, 0.4) is 0 Å². The standard InChI is InChI=1S/C16H13BrO2/c17-14-9-10-19-15-4-2-1-3-13(15)16(14)11-5-7-12(18)8-6-11/h1-8,18H,9-10H2. The summed E-state index contributed by atoms with van der Waals surface area (Å²) in [6.45, 7) is 0.666. The van der Waals surface area contributed by atoms with E-state index in [0.717, 1.165) is 33.4 Å². The van der Waals surface area contributed by atoms with Crippen molar-refractivity contribution in [3.05, 3.63) is 64.1 Å². The Morgan fingerprint density at radius 1 is 1.00 bits per heavy atom. The van der Waals surface area contributed by atoms with Crippen molar-refractivity contribution in [2.45, 2.75) is 6.42 Å². The number of ether oxygens (including phenoxy) is 1. The molecule has 0 aromatic heterocycles. The van der Waals surface area contributed by atoms with Gasteiger partial charge in [0, 0.05) is 22.0 Å². The highest BCUT2D eigenvalue weighted by atomic mass is 79.9. The van der Waals surface area contributed by atoms with E-state index < -0.39 is 0 Å². The van der Waals surface area contributed by atoms with Crippen molar-refractivity contribution in [3.8, 4) is 11.5 Å². The maximum absolute atomic E-state index is 9.42. The fraction of sp³-hybridized carbons (Fsp3) is 0.125. The molecule has 96 valence electrons. The molecule has 1 aliphatic heterocycles. The molecule has 2 aromatic rings. The lowest BCUT2D eigenvalue weighted by Crippen LogP contribution is -1.95. The van der Waals surface area contributed by atoms with Crippen LogP contribution in [0, 0.1) is 0 Å². The second-order valence-electron chi connectivity index (χ2n) is 4.42. The number of rotatable bonds is 1. The van der Waals surface area contributed by atoms with Gasteiger partial charge in [-0.05, 0) is 23.8 Å². The van der Waals surface area contributed by atoms with E-state index in [2.05, 4.69) is 22.0 Å². The topological polar surface area (TPSA) is 29.5 Å². The quantitative estimate of drug-likeness (QED) is 0.848. The van der Waals surface area contributed by atoms with Gasteiger partial charge in [-0.3, -0.25) is 0 Å². The summed E-state index contributed by atoms with van der Waals surface area (Å²) in [5, 5.41) is 9.42. The number of halogens is 1. The average molecular weight is 317 g/mol. The van der Waals surface area contributed by atoms with Crippen molar-refractivity contribution < 1.29 is 9.84 Å². The molecular formula is C16H13BrO2. The van der Waals surface area contributed by atoms with E-state index in [0.29, 0.717) is 6.61 Å². The van der Waals surface area contributed by atoms with Crippen LogP contribution in [0.2, 0.25) is 0 Å². The van der Waals surface area contributed by atoms with Gasteiger partial charge in [-0.1, -0.05) is 46.3 Å². The molecule has 0 saturated heterocycles. The second kappa shape index (κ2) is 5.10. The lowest BCUT2D eigenvalue weighted by molar-refractivity contribution is 0.326. The Morgan fingerprint density at radius 3 is 2.53 bits per heavy atom. The summed E-state index contributed by atoms with van der Waals surface area (Å²) in [4.78, 5) is 0. The minimum atomic E-state index is 0.277. The van der Waals surface area contributed by atoms with Gasteiger partial charge in [-0.2, -0.15) is 0 Å². The number of fused-ring (bicyclic) bond motifs is 1. The summed E-state index contributed by atoms with van der Waals surface area (Å²) < 4.78 is 6.90. The first-order valence-corrected chi connectivity index (χ1v) is 6.95. The fourth-order valence-corrected chi connectivity index (χ4v) is 2.87. The van der Waals surface area contributed by atoms with Gasteiger partial charge in [0.05, 0.1) is 6.61 Å². The number of phenols is 1. The van der Waals surface area contributed by atoms with E-state index in [1.54, 1.807) is 12.1 Å². The molecule has 0 atom stereocenters. The van der Waals surface area contributed by atoms with Crippen LogP contribution in [0.25, 0.3) is 5.57 Å². The summed E-state index contributed by atoms with van der Waals surface area (Å²) in [6.07, 6.45) is 0.838. The maximum Gasteiger partial charge on any atom is 0.127 e. The zero-order chi connectivity index (χ0) is 13.2. The van der Waals surface area contributed by atoms with Crippen molar-refractivity contribution in [3.63, 3.8) is 0 Å². The minimum absolute atomic E-state index is 0.277. The van der Waals surface area contributed by atoms with Gasteiger partial charge in [0.2, 0.25) is 0 Å². The lowest BCUT2D eigenvalue weighted by Gasteiger charge is -2.12. The highest BCUT2D eigenvalue weighted by molar-refractivity contribution is 9.11. The Balaban J connectivity index is 2.19. The molecule has 3 heteroatoms. The molecule has 0 fully saturated rings. The molecule has 0 unspecified atom stereocenters. The van der Waals surface area contributed by atoms with Crippen LogP contribution >= 0.6 is 15.9 Å². The number of benzene rings is 2. The number of para-hydroxylation sites is 1. The third-order valence-corrected chi connectivity index (χ3v) is 3.96. The predicted molar refractivity (Wildman–Crippen MR) is 79.6 cm³/mol. The average Bonchev–Trinajstić information content (AvgIpc) is 2.58. The molecule has 0 radical (unpaired) electrons. The number of hydrogen-bond acceptors (Lipinski definition) is 2. The van der Waals surface area contributed by atoms with Crippen molar-refractivity contribution in [2.24, 2.45) is 0 Å². The summed E-state index contributed by atoms with van der Waals surface area (Å²) >= 11 is 3.67. The van der Waals surface area contributed by atoms with Crippen molar-refractivity contribution in [1.29, 1.82) is 0 Å². The third-order valence-electron chi connectivity index (χ3n) is 3.16. The Kier molecular flexibility index (Phi) is 3.30. The SMILES string of the molecule is Oc1ccc(C2=C(Br)CCOc3ccccc32)cc1. The molecule has 0 spiro atoms. The zero-order valence-electron chi connectivity index (χ0n) is 10.3. The lowest BCUT2D eigenvalue weighted by atomic mass is 9.96. The van der Waals surface area contributed by atoms with Gasteiger partial charge in [0.25, 0.3) is 0 Å². The van der Waals surface area contributed by atoms with Gasteiger partial charge in [-0.25, -0.2) is 0 Å². The minimum Gasteiger partial charge on any atom is -0.508 e. The van der Waals surface area contributed by atoms with Crippen LogP contribution in [0.1, 0.15) is 17.5 Å². The van der Waals surface area contributed by atoms with E-state index >= 15 is 0 Å². The molecule has 1 heterocycles. The Labute approximate surface area is 120 Å². The molecule has 1 N–H and O–H groups in total. The largest absolute Gasteiger partial charge is 0.508 e. The summed E-state index contributed by atoms with van der Waals surface area (Å²) in [6, 6.07) is 15.3.